The van der Waals surface area contributed by atoms with Crippen molar-refractivity contribution in [2.75, 3.05) is 39.4 Å². The van der Waals surface area contributed by atoms with Crippen molar-refractivity contribution in [2.24, 2.45) is 0 Å². The molecule has 108 valence electrons. The number of benzene rings is 1. The Hall–Kier alpha value is -1.65. The highest BCUT2D eigenvalue weighted by Gasteiger charge is 2.13. The van der Waals surface area contributed by atoms with E-state index in [0.717, 1.165) is 44.0 Å². The fourth-order valence-corrected chi connectivity index (χ4v) is 2.27. The molecule has 1 aromatic carbocycles. The Morgan fingerprint density at radius 2 is 2.00 bits per heavy atom. The van der Waals surface area contributed by atoms with Crippen LogP contribution < -0.4 is 10.2 Å². The first-order chi connectivity index (χ1) is 9.75. The smallest absolute Gasteiger partial charge is 0.247 e. The second kappa shape index (κ2) is 7.82. The van der Waals surface area contributed by atoms with Crippen molar-refractivity contribution in [1.29, 1.82) is 0 Å². The molecular formula is C16H23N2O2+. The van der Waals surface area contributed by atoms with Gasteiger partial charge in [-0.25, -0.2) is 0 Å². The summed E-state index contributed by atoms with van der Waals surface area (Å²) in [7, 11) is 0. The second-order valence-corrected chi connectivity index (χ2v) is 5.11. The van der Waals surface area contributed by atoms with E-state index in [1.54, 1.807) is 0 Å². The van der Waals surface area contributed by atoms with Crippen LogP contribution in [0.1, 0.15) is 12.5 Å². The summed E-state index contributed by atoms with van der Waals surface area (Å²) < 4.78 is 5.31. The molecule has 0 radical (unpaired) electrons. The van der Waals surface area contributed by atoms with Crippen LogP contribution in [0.15, 0.2) is 35.9 Å². The van der Waals surface area contributed by atoms with Gasteiger partial charge in [0.25, 0.3) is 0 Å². The SMILES string of the molecule is C/C(=C\c1ccccc1)C(=O)NCC[NH+]1CCOCC1. The zero-order chi connectivity index (χ0) is 14.2. The van der Waals surface area contributed by atoms with Gasteiger partial charge in [-0.2, -0.15) is 0 Å². The standard InChI is InChI=1S/C16H22N2O2/c1-14(13-15-5-3-2-4-6-15)16(19)17-7-8-18-9-11-20-12-10-18/h2-6,13H,7-12H2,1H3,(H,17,19)/p+1/b14-13+. The Morgan fingerprint density at radius 1 is 1.30 bits per heavy atom. The molecule has 1 saturated heterocycles. The molecule has 1 fully saturated rings. The Labute approximate surface area is 120 Å². The predicted octanol–water partition coefficient (Wildman–Crippen LogP) is 0.121. The van der Waals surface area contributed by atoms with E-state index in [-0.39, 0.29) is 5.91 Å². The van der Waals surface area contributed by atoms with Crippen LogP contribution >= 0.6 is 0 Å². The number of ether oxygens (including phenoxy) is 1. The molecular weight excluding hydrogens is 252 g/mol. The zero-order valence-electron chi connectivity index (χ0n) is 12.0. The molecule has 2 N–H and O–H groups in total. The molecule has 1 aliphatic heterocycles. The minimum Gasteiger partial charge on any atom is -0.370 e. The molecule has 2 rings (SSSR count). The van der Waals surface area contributed by atoms with Crippen LogP contribution in [0.3, 0.4) is 0 Å². The van der Waals surface area contributed by atoms with E-state index in [1.165, 1.54) is 4.90 Å². The van der Waals surface area contributed by atoms with Crippen molar-refractivity contribution in [3.8, 4) is 0 Å². The number of nitrogens with one attached hydrogen (secondary N) is 2. The number of carbonyl (C=O) groups excluding carboxylic acids is 1. The van der Waals surface area contributed by atoms with Gasteiger partial charge in [-0.15, -0.1) is 0 Å². The van der Waals surface area contributed by atoms with E-state index < -0.39 is 0 Å². The van der Waals surface area contributed by atoms with Crippen molar-refractivity contribution in [3.05, 3.63) is 41.5 Å². The number of carbonyl (C=O) groups is 1. The lowest BCUT2D eigenvalue weighted by Crippen LogP contribution is -3.14. The van der Waals surface area contributed by atoms with Gasteiger partial charge < -0.3 is 15.0 Å². The monoisotopic (exact) mass is 275 g/mol. The molecule has 4 heteroatoms. The van der Waals surface area contributed by atoms with Gasteiger partial charge in [0.05, 0.1) is 26.3 Å². The molecule has 0 aliphatic carbocycles. The van der Waals surface area contributed by atoms with Crippen molar-refractivity contribution in [2.45, 2.75) is 6.92 Å². The van der Waals surface area contributed by atoms with Gasteiger partial charge in [0.1, 0.15) is 13.1 Å². The van der Waals surface area contributed by atoms with E-state index in [1.807, 2.05) is 43.3 Å². The first-order valence-corrected chi connectivity index (χ1v) is 7.18. The van der Waals surface area contributed by atoms with Gasteiger partial charge >= 0.3 is 0 Å². The third-order valence-corrected chi connectivity index (χ3v) is 3.50. The number of amides is 1. The van der Waals surface area contributed by atoms with Crippen molar-refractivity contribution in [1.82, 2.24) is 5.32 Å². The second-order valence-electron chi connectivity index (χ2n) is 5.11. The maximum atomic E-state index is 12.0. The van der Waals surface area contributed by atoms with Crippen LogP contribution in [0.2, 0.25) is 0 Å². The predicted molar refractivity (Wildman–Crippen MR) is 79.5 cm³/mol. The summed E-state index contributed by atoms with van der Waals surface area (Å²) in [6, 6.07) is 9.90. The average molecular weight is 275 g/mol. The van der Waals surface area contributed by atoms with Gasteiger partial charge in [-0.1, -0.05) is 30.3 Å². The van der Waals surface area contributed by atoms with E-state index in [4.69, 9.17) is 4.74 Å². The molecule has 20 heavy (non-hydrogen) atoms. The fourth-order valence-electron chi connectivity index (χ4n) is 2.27. The Kier molecular flexibility index (Phi) is 5.77. The fraction of sp³-hybridized carbons (Fsp3) is 0.438. The topological polar surface area (TPSA) is 42.8 Å². The lowest BCUT2D eigenvalue weighted by Gasteiger charge is -2.23. The molecule has 4 nitrogen and oxygen atoms in total. The maximum Gasteiger partial charge on any atom is 0.247 e. The molecule has 0 spiro atoms. The molecule has 0 aromatic heterocycles. The Morgan fingerprint density at radius 3 is 2.70 bits per heavy atom. The first-order valence-electron chi connectivity index (χ1n) is 7.18. The van der Waals surface area contributed by atoms with Crippen LogP contribution in [0, 0.1) is 0 Å². The molecule has 1 amide bonds. The third kappa shape index (κ3) is 4.79. The average Bonchev–Trinajstić information content (AvgIpc) is 2.49. The quantitative estimate of drug-likeness (QED) is 0.750. The third-order valence-electron chi connectivity index (χ3n) is 3.50. The van der Waals surface area contributed by atoms with E-state index in [9.17, 15) is 4.79 Å². The number of rotatable bonds is 5. The normalized spacial score (nSPS) is 16.9. The van der Waals surface area contributed by atoms with Crippen molar-refractivity contribution < 1.29 is 14.4 Å². The summed E-state index contributed by atoms with van der Waals surface area (Å²) in [5.41, 5.74) is 1.80. The lowest BCUT2D eigenvalue weighted by atomic mass is 10.1. The number of hydrogen-bond acceptors (Lipinski definition) is 2. The minimum absolute atomic E-state index is 0.0153. The highest BCUT2D eigenvalue weighted by Crippen LogP contribution is 2.05. The summed E-state index contributed by atoms with van der Waals surface area (Å²) >= 11 is 0. The summed E-state index contributed by atoms with van der Waals surface area (Å²) in [4.78, 5) is 13.5. The molecule has 0 atom stereocenters. The van der Waals surface area contributed by atoms with Gasteiger partial charge in [-0.3, -0.25) is 4.79 Å². The number of quaternary nitrogens is 1. The highest BCUT2D eigenvalue weighted by atomic mass is 16.5. The lowest BCUT2D eigenvalue weighted by molar-refractivity contribution is -0.906. The summed E-state index contributed by atoms with van der Waals surface area (Å²) in [5.74, 6) is 0.0153. The maximum absolute atomic E-state index is 12.0. The van der Waals surface area contributed by atoms with Crippen LogP contribution in [0.4, 0.5) is 0 Å². The number of hydrogen-bond donors (Lipinski definition) is 2. The highest BCUT2D eigenvalue weighted by molar-refractivity contribution is 5.97. The molecule has 0 bridgehead atoms. The van der Waals surface area contributed by atoms with Crippen LogP contribution in [-0.4, -0.2) is 45.3 Å². The van der Waals surface area contributed by atoms with Crippen LogP contribution in [0.5, 0.6) is 0 Å². The van der Waals surface area contributed by atoms with Crippen LogP contribution in [-0.2, 0) is 9.53 Å². The van der Waals surface area contributed by atoms with Gasteiger partial charge in [-0.05, 0) is 18.6 Å². The largest absolute Gasteiger partial charge is 0.370 e. The molecule has 1 heterocycles. The summed E-state index contributed by atoms with van der Waals surface area (Å²) in [5, 5.41) is 2.98. The molecule has 0 saturated carbocycles. The van der Waals surface area contributed by atoms with E-state index in [2.05, 4.69) is 5.32 Å². The van der Waals surface area contributed by atoms with Gasteiger partial charge in [0.15, 0.2) is 0 Å². The zero-order valence-corrected chi connectivity index (χ0v) is 12.0. The Bertz CT molecular complexity index is 451. The molecule has 1 aromatic rings. The minimum atomic E-state index is 0.0153. The van der Waals surface area contributed by atoms with Gasteiger partial charge in [0.2, 0.25) is 5.91 Å². The molecule has 0 unspecified atom stereocenters. The summed E-state index contributed by atoms with van der Waals surface area (Å²) in [6.07, 6.45) is 1.91. The van der Waals surface area contributed by atoms with Crippen molar-refractivity contribution >= 4 is 12.0 Å². The van der Waals surface area contributed by atoms with Gasteiger partial charge in [0, 0.05) is 5.57 Å². The van der Waals surface area contributed by atoms with Crippen LogP contribution in [0.25, 0.3) is 6.08 Å². The molecule has 1 aliphatic rings. The first kappa shape index (κ1) is 14.8. The number of morpholine rings is 1. The summed E-state index contributed by atoms with van der Waals surface area (Å²) in [6.45, 7) is 7.27. The van der Waals surface area contributed by atoms with E-state index in [0.29, 0.717) is 6.54 Å². The Balaban J connectivity index is 1.75. The van der Waals surface area contributed by atoms with Crippen molar-refractivity contribution in [3.63, 3.8) is 0 Å². The van der Waals surface area contributed by atoms with E-state index >= 15 is 0 Å².